The first-order chi connectivity index (χ1) is 14.5. The zero-order chi connectivity index (χ0) is 21.1. The van der Waals surface area contributed by atoms with E-state index >= 15 is 0 Å². The Morgan fingerprint density at radius 1 is 1.10 bits per heavy atom. The summed E-state index contributed by atoms with van der Waals surface area (Å²) in [6, 6.07) is 13.0. The number of ether oxygens (including phenoxy) is 1. The van der Waals surface area contributed by atoms with Crippen LogP contribution in [-0.2, 0) is 11.2 Å². The highest BCUT2D eigenvalue weighted by Crippen LogP contribution is 2.21. The van der Waals surface area contributed by atoms with Crippen molar-refractivity contribution in [3.05, 3.63) is 59.2 Å². The van der Waals surface area contributed by atoms with E-state index < -0.39 is 5.91 Å². The van der Waals surface area contributed by atoms with E-state index in [4.69, 9.17) is 10.5 Å². The molecule has 8 heteroatoms. The number of aromatic amines is 1. The molecule has 30 heavy (non-hydrogen) atoms. The fourth-order valence-corrected chi connectivity index (χ4v) is 3.76. The second-order valence-electron chi connectivity index (χ2n) is 7.39. The zero-order valence-corrected chi connectivity index (χ0v) is 16.9. The lowest BCUT2D eigenvalue weighted by molar-refractivity contribution is 0.0600. The normalized spacial score (nSPS) is 14.8. The predicted octanol–water partition coefficient (Wildman–Crippen LogP) is 1.81. The van der Waals surface area contributed by atoms with Crippen LogP contribution in [0.4, 0.5) is 5.95 Å². The Bertz CT molecular complexity index is 1050. The van der Waals surface area contributed by atoms with Gasteiger partial charge in [-0.3, -0.25) is 9.69 Å². The van der Waals surface area contributed by atoms with Gasteiger partial charge in [-0.1, -0.05) is 18.2 Å². The quantitative estimate of drug-likeness (QED) is 0.604. The van der Waals surface area contributed by atoms with Crippen LogP contribution in [0.15, 0.2) is 42.5 Å². The average molecular weight is 407 g/mol. The lowest BCUT2D eigenvalue weighted by Gasteiger charge is -2.34. The molecule has 0 aliphatic carbocycles. The predicted molar refractivity (Wildman–Crippen MR) is 115 cm³/mol. The van der Waals surface area contributed by atoms with E-state index in [0.29, 0.717) is 16.6 Å². The number of methoxy groups -OCH3 is 1. The fourth-order valence-electron chi connectivity index (χ4n) is 3.76. The number of amides is 1. The summed E-state index contributed by atoms with van der Waals surface area (Å²) in [5.41, 5.74) is 9.11. The number of para-hydroxylation sites is 1. The van der Waals surface area contributed by atoms with Crippen LogP contribution in [0.2, 0.25) is 0 Å². The van der Waals surface area contributed by atoms with Crippen molar-refractivity contribution < 1.29 is 14.3 Å². The molecule has 3 N–H and O–H groups in total. The monoisotopic (exact) mass is 407 g/mol. The van der Waals surface area contributed by atoms with E-state index in [1.54, 1.807) is 24.3 Å². The van der Waals surface area contributed by atoms with Crippen molar-refractivity contribution in [2.45, 2.75) is 6.42 Å². The maximum absolute atomic E-state index is 11.6. The smallest absolute Gasteiger partial charge is 0.337 e. The van der Waals surface area contributed by atoms with E-state index in [1.807, 2.05) is 18.2 Å². The van der Waals surface area contributed by atoms with Crippen LogP contribution in [-0.4, -0.2) is 66.6 Å². The molecular formula is C22H25N5O3. The molecule has 0 radical (unpaired) electrons. The number of fused-ring (bicyclic) bond motifs is 1. The van der Waals surface area contributed by atoms with Crippen molar-refractivity contribution in [1.82, 2.24) is 14.9 Å². The van der Waals surface area contributed by atoms with Gasteiger partial charge in [-0.15, -0.1) is 0 Å². The van der Waals surface area contributed by atoms with Crippen molar-refractivity contribution in [3.8, 4) is 0 Å². The van der Waals surface area contributed by atoms with Gasteiger partial charge >= 0.3 is 5.97 Å². The van der Waals surface area contributed by atoms with Gasteiger partial charge in [-0.2, -0.15) is 0 Å². The molecule has 1 aromatic heterocycles. The molecule has 1 saturated heterocycles. The van der Waals surface area contributed by atoms with E-state index in [9.17, 15) is 9.59 Å². The molecule has 0 spiro atoms. The van der Waals surface area contributed by atoms with Crippen molar-refractivity contribution in [2.75, 3.05) is 44.7 Å². The van der Waals surface area contributed by atoms with Crippen molar-refractivity contribution in [1.29, 1.82) is 0 Å². The number of esters is 1. The Morgan fingerprint density at radius 3 is 2.50 bits per heavy atom. The van der Waals surface area contributed by atoms with Crippen molar-refractivity contribution >= 4 is 28.9 Å². The largest absolute Gasteiger partial charge is 0.465 e. The molecule has 2 aromatic carbocycles. The summed E-state index contributed by atoms with van der Waals surface area (Å²) in [6.07, 6.45) is 0.925. The number of nitrogens with zero attached hydrogens (tertiary/aromatic N) is 3. The van der Waals surface area contributed by atoms with Crippen LogP contribution in [0.3, 0.4) is 0 Å². The van der Waals surface area contributed by atoms with Gasteiger partial charge in [0, 0.05) is 32.7 Å². The number of carbonyl (C=O) groups is 2. The number of rotatable bonds is 6. The Morgan fingerprint density at radius 2 is 1.83 bits per heavy atom. The van der Waals surface area contributed by atoms with Gasteiger partial charge in [0.05, 0.1) is 23.8 Å². The molecule has 3 aromatic rings. The first-order valence-corrected chi connectivity index (χ1v) is 9.98. The third kappa shape index (κ3) is 4.13. The van der Waals surface area contributed by atoms with Crippen LogP contribution < -0.4 is 10.6 Å². The first-order valence-electron chi connectivity index (χ1n) is 9.98. The number of carbonyl (C=O) groups excluding carboxylic acids is 2. The van der Waals surface area contributed by atoms with Crippen LogP contribution >= 0.6 is 0 Å². The molecule has 156 valence electrons. The number of hydrogen-bond donors (Lipinski definition) is 2. The van der Waals surface area contributed by atoms with Crippen molar-refractivity contribution in [2.24, 2.45) is 5.73 Å². The van der Waals surface area contributed by atoms with Gasteiger partial charge in [0.25, 0.3) is 5.91 Å². The Balaban J connectivity index is 1.33. The molecule has 1 fully saturated rings. The fraction of sp³-hybridized carbons (Fsp3) is 0.318. The van der Waals surface area contributed by atoms with Gasteiger partial charge in [0.1, 0.15) is 5.52 Å². The number of nitrogens with two attached hydrogens (primary N) is 1. The second kappa shape index (κ2) is 8.54. The summed E-state index contributed by atoms with van der Waals surface area (Å²) in [7, 11) is 1.39. The SMILES string of the molecule is COC(=O)c1ccc(CCN2CCN(c3nc4c(C(N)=O)cccc4[nH]3)CC2)cc1. The molecule has 4 rings (SSSR count). The molecule has 0 unspecified atom stereocenters. The number of nitrogens with one attached hydrogen (secondary N) is 1. The minimum Gasteiger partial charge on any atom is -0.465 e. The summed E-state index contributed by atoms with van der Waals surface area (Å²) in [6.45, 7) is 4.53. The number of hydrogen-bond acceptors (Lipinski definition) is 6. The van der Waals surface area contributed by atoms with Gasteiger partial charge in [0.15, 0.2) is 0 Å². The van der Waals surface area contributed by atoms with E-state index in [1.165, 1.54) is 12.7 Å². The number of aromatic nitrogens is 2. The standard InChI is InChI=1S/C22H25N5O3/c1-30-21(29)16-7-5-15(6-8-16)9-10-26-11-13-27(14-12-26)22-24-18-4-2-3-17(20(23)28)19(18)25-22/h2-8H,9-14H2,1H3,(H2,23,28)(H,24,25). The highest BCUT2D eigenvalue weighted by Gasteiger charge is 2.20. The molecule has 8 nitrogen and oxygen atoms in total. The number of imidazole rings is 1. The lowest BCUT2D eigenvalue weighted by Crippen LogP contribution is -2.47. The van der Waals surface area contributed by atoms with E-state index in [2.05, 4.69) is 19.8 Å². The third-order valence-corrected chi connectivity index (χ3v) is 5.53. The maximum atomic E-state index is 11.6. The number of primary amides is 1. The summed E-state index contributed by atoms with van der Waals surface area (Å²) < 4.78 is 4.73. The molecular weight excluding hydrogens is 382 g/mol. The Labute approximate surface area is 174 Å². The van der Waals surface area contributed by atoms with E-state index in [-0.39, 0.29) is 5.97 Å². The molecule has 1 aliphatic heterocycles. The van der Waals surface area contributed by atoms with Gasteiger partial charge in [0.2, 0.25) is 5.95 Å². The van der Waals surface area contributed by atoms with Crippen LogP contribution in [0.1, 0.15) is 26.3 Å². The lowest BCUT2D eigenvalue weighted by atomic mass is 10.1. The van der Waals surface area contributed by atoms with Crippen molar-refractivity contribution in [3.63, 3.8) is 0 Å². The average Bonchev–Trinajstić information content (AvgIpc) is 3.22. The molecule has 1 aliphatic rings. The van der Waals surface area contributed by atoms with Crippen LogP contribution in [0.25, 0.3) is 11.0 Å². The van der Waals surface area contributed by atoms with E-state index in [0.717, 1.165) is 50.6 Å². The van der Waals surface area contributed by atoms with Gasteiger partial charge in [-0.05, 0) is 36.2 Å². The molecule has 1 amide bonds. The summed E-state index contributed by atoms with van der Waals surface area (Å²) in [4.78, 5) is 35.7. The minimum absolute atomic E-state index is 0.314. The molecule has 0 saturated carbocycles. The molecule has 2 heterocycles. The molecule has 0 atom stereocenters. The number of H-pyrrole nitrogens is 1. The Kier molecular flexibility index (Phi) is 5.67. The third-order valence-electron chi connectivity index (χ3n) is 5.53. The topological polar surface area (TPSA) is 105 Å². The zero-order valence-electron chi connectivity index (χ0n) is 16.9. The number of piperazine rings is 1. The van der Waals surface area contributed by atoms with Gasteiger partial charge < -0.3 is 20.4 Å². The second-order valence-corrected chi connectivity index (χ2v) is 7.39. The summed E-state index contributed by atoms with van der Waals surface area (Å²) in [5.74, 6) is -0.00829. The minimum atomic E-state index is -0.469. The number of benzene rings is 2. The number of anilines is 1. The summed E-state index contributed by atoms with van der Waals surface area (Å²) in [5, 5.41) is 0. The maximum Gasteiger partial charge on any atom is 0.337 e. The highest BCUT2D eigenvalue weighted by molar-refractivity contribution is 6.04. The van der Waals surface area contributed by atoms with Gasteiger partial charge in [-0.25, -0.2) is 9.78 Å². The summed E-state index contributed by atoms with van der Waals surface area (Å²) >= 11 is 0. The highest BCUT2D eigenvalue weighted by atomic mass is 16.5. The van der Waals surface area contributed by atoms with Crippen LogP contribution in [0.5, 0.6) is 0 Å². The first kappa shape index (κ1) is 19.9. The van der Waals surface area contributed by atoms with Crippen LogP contribution in [0, 0.1) is 0 Å². The Hall–Kier alpha value is -3.39. The molecule has 0 bridgehead atoms.